The second-order valence-electron chi connectivity index (χ2n) is 7.81. The van der Waals surface area contributed by atoms with Gasteiger partial charge >= 0.3 is 0 Å². The molecule has 1 heterocycles. The third kappa shape index (κ3) is 3.18. The lowest BCUT2D eigenvalue weighted by Gasteiger charge is -2.34. The third-order valence-corrected chi connectivity index (χ3v) is 6.37. The first kappa shape index (κ1) is 15.1. The summed E-state index contributed by atoms with van der Waals surface area (Å²) in [6, 6.07) is 0.416. The van der Waals surface area contributed by atoms with Crippen molar-refractivity contribution in [1.29, 1.82) is 0 Å². The van der Waals surface area contributed by atoms with Crippen LogP contribution in [0, 0.1) is 11.3 Å². The lowest BCUT2D eigenvalue weighted by molar-refractivity contribution is 0.0937. The molecule has 1 aromatic heterocycles. The number of hydrogen-bond donors (Lipinski definition) is 1. The van der Waals surface area contributed by atoms with Gasteiger partial charge in [-0.3, -0.25) is 4.79 Å². The van der Waals surface area contributed by atoms with Gasteiger partial charge in [-0.05, 0) is 49.0 Å². The standard InChI is InChI=1S/C18H27NOS/c1-18(2,3)12-8-9-14-15(11-21-16(14)10-12)17(20)19-13-6-4-5-7-13/h11-13H,4-10H2,1-3H3,(H,19,20). The molecule has 0 aromatic carbocycles. The lowest BCUT2D eigenvalue weighted by Crippen LogP contribution is -2.33. The minimum absolute atomic E-state index is 0.175. The minimum Gasteiger partial charge on any atom is -0.349 e. The molecule has 0 bridgehead atoms. The van der Waals surface area contributed by atoms with Crippen molar-refractivity contribution in [1.82, 2.24) is 5.32 Å². The number of fused-ring (bicyclic) bond motifs is 1. The zero-order chi connectivity index (χ0) is 15.0. The molecule has 0 radical (unpaired) electrons. The van der Waals surface area contributed by atoms with Crippen molar-refractivity contribution in [2.45, 2.75) is 71.8 Å². The Balaban J connectivity index is 1.72. The maximum absolute atomic E-state index is 12.5. The molecule has 2 nitrogen and oxygen atoms in total. The van der Waals surface area contributed by atoms with Crippen LogP contribution in [0.1, 0.15) is 73.7 Å². The number of thiophene rings is 1. The number of rotatable bonds is 2. The fourth-order valence-electron chi connectivity index (χ4n) is 3.78. The normalized spacial score (nSPS) is 23.1. The van der Waals surface area contributed by atoms with Crippen molar-refractivity contribution in [3.8, 4) is 0 Å². The van der Waals surface area contributed by atoms with Crippen molar-refractivity contribution in [3.05, 3.63) is 21.4 Å². The molecule has 2 aliphatic rings. The van der Waals surface area contributed by atoms with Gasteiger partial charge in [0.1, 0.15) is 0 Å². The Bertz CT molecular complexity index is 520. The molecule has 1 aromatic rings. The predicted octanol–water partition coefficient (Wildman–Crippen LogP) is 4.57. The van der Waals surface area contributed by atoms with Crippen LogP contribution in [-0.2, 0) is 12.8 Å². The van der Waals surface area contributed by atoms with E-state index in [0.717, 1.165) is 37.2 Å². The summed E-state index contributed by atoms with van der Waals surface area (Å²) < 4.78 is 0. The van der Waals surface area contributed by atoms with E-state index in [4.69, 9.17) is 0 Å². The van der Waals surface area contributed by atoms with Crippen LogP contribution in [0.15, 0.2) is 5.38 Å². The summed E-state index contributed by atoms with van der Waals surface area (Å²) in [7, 11) is 0. The Morgan fingerprint density at radius 2 is 1.95 bits per heavy atom. The number of amides is 1. The SMILES string of the molecule is CC(C)(C)C1CCc2c(C(=O)NC3CCCC3)csc2C1. The highest BCUT2D eigenvalue weighted by molar-refractivity contribution is 7.10. The van der Waals surface area contributed by atoms with E-state index in [9.17, 15) is 4.79 Å². The Morgan fingerprint density at radius 3 is 2.62 bits per heavy atom. The van der Waals surface area contributed by atoms with Gasteiger partial charge in [0.25, 0.3) is 5.91 Å². The fraction of sp³-hybridized carbons (Fsp3) is 0.722. The quantitative estimate of drug-likeness (QED) is 0.852. The van der Waals surface area contributed by atoms with Crippen LogP contribution in [0.4, 0.5) is 0 Å². The number of carbonyl (C=O) groups excluding carboxylic acids is 1. The van der Waals surface area contributed by atoms with Crippen molar-refractivity contribution < 1.29 is 4.79 Å². The largest absolute Gasteiger partial charge is 0.349 e. The van der Waals surface area contributed by atoms with Crippen LogP contribution in [-0.4, -0.2) is 11.9 Å². The van der Waals surface area contributed by atoms with Crippen LogP contribution < -0.4 is 5.32 Å². The average Bonchev–Trinajstić information content (AvgIpc) is 3.05. The molecule has 3 rings (SSSR count). The third-order valence-electron chi connectivity index (χ3n) is 5.32. The summed E-state index contributed by atoms with van der Waals surface area (Å²) in [5, 5.41) is 5.34. The van der Waals surface area contributed by atoms with Crippen LogP contribution in [0.2, 0.25) is 0 Å². The number of carbonyl (C=O) groups is 1. The topological polar surface area (TPSA) is 29.1 Å². The van der Waals surface area contributed by atoms with Gasteiger partial charge in [-0.15, -0.1) is 11.3 Å². The fourth-order valence-corrected chi connectivity index (χ4v) is 4.94. The van der Waals surface area contributed by atoms with Crippen molar-refractivity contribution in [3.63, 3.8) is 0 Å². The number of hydrogen-bond acceptors (Lipinski definition) is 2. The zero-order valence-corrected chi connectivity index (χ0v) is 14.3. The highest BCUT2D eigenvalue weighted by Gasteiger charge is 2.32. The maximum atomic E-state index is 12.5. The van der Waals surface area contributed by atoms with Gasteiger partial charge < -0.3 is 5.32 Å². The molecule has 0 aliphatic heterocycles. The second kappa shape index (κ2) is 5.75. The maximum Gasteiger partial charge on any atom is 0.252 e. The van der Waals surface area contributed by atoms with E-state index in [1.165, 1.54) is 29.7 Å². The van der Waals surface area contributed by atoms with Gasteiger partial charge in [0, 0.05) is 16.3 Å². The molecule has 2 aliphatic carbocycles. The van der Waals surface area contributed by atoms with E-state index in [0.29, 0.717) is 11.5 Å². The van der Waals surface area contributed by atoms with Gasteiger partial charge in [0.2, 0.25) is 0 Å². The second-order valence-corrected chi connectivity index (χ2v) is 8.78. The van der Waals surface area contributed by atoms with Crippen molar-refractivity contribution in [2.75, 3.05) is 0 Å². The summed E-state index contributed by atoms with van der Waals surface area (Å²) in [5.41, 5.74) is 2.68. The smallest absolute Gasteiger partial charge is 0.252 e. The Morgan fingerprint density at radius 1 is 1.24 bits per heavy atom. The molecular weight excluding hydrogens is 278 g/mol. The highest BCUT2D eigenvalue weighted by Crippen LogP contribution is 2.40. The molecule has 116 valence electrons. The van der Waals surface area contributed by atoms with E-state index in [1.807, 2.05) is 0 Å². The molecule has 21 heavy (non-hydrogen) atoms. The summed E-state index contributed by atoms with van der Waals surface area (Å²) in [6.07, 6.45) is 8.29. The molecule has 1 amide bonds. The molecule has 1 saturated carbocycles. The van der Waals surface area contributed by atoms with E-state index in [2.05, 4.69) is 31.5 Å². The van der Waals surface area contributed by atoms with Crippen LogP contribution in [0.25, 0.3) is 0 Å². The van der Waals surface area contributed by atoms with Crippen LogP contribution in [0.5, 0.6) is 0 Å². The van der Waals surface area contributed by atoms with Gasteiger partial charge in [0.15, 0.2) is 0 Å². The van der Waals surface area contributed by atoms with E-state index in [1.54, 1.807) is 11.3 Å². The molecule has 1 fully saturated rings. The molecule has 1 atom stereocenters. The predicted molar refractivity (Wildman–Crippen MR) is 89.0 cm³/mol. The van der Waals surface area contributed by atoms with Gasteiger partial charge in [-0.25, -0.2) is 0 Å². The summed E-state index contributed by atoms with van der Waals surface area (Å²) in [5.74, 6) is 0.919. The Hall–Kier alpha value is -0.830. The summed E-state index contributed by atoms with van der Waals surface area (Å²) in [4.78, 5) is 14.0. The average molecular weight is 305 g/mol. The monoisotopic (exact) mass is 305 g/mol. The van der Waals surface area contributed by atoms with Gasteiger partial charge in [-0.2, -0.15) is 0 Å². The number of nitrogens with one attached hydrogen (secondary N) is 1. The highest BCUT2D eigenvalue weighted by atomic mass is 32.1. The summed E-state index contributed by atoms with van der Waals surface area (Å²) in [6.45, 7) is 7.01. The summed E-state index contributed by atoms with van der Waals surface area (Å²) >= 11 is 1.80. The first-order chi connectivity index (χ1) is 9.95. The molecule has 1 N–H and O–H groups in total. The molecule has 3 heteroatoms. The first-order valence-electron chi connectivity index (χ1n) is 8.35. The van der Waals surface area contributed by atoms with E-state index in [-0.39, 0.29) is 5.91 Å². The first-order valence-corrected chi connectivity index (χ1v) is 9.23. The van der Waals surface area contributed by atoms with Crippen molar-refractivity contribution >= 4 is 17.2 Å². The minimum atomic E-state index is 0.175. The molecule has 1 unspecified atom stereocenters. The van der Waals surface area contributed by atoms with Crippen LogP contribution >= 0.6 is 11.3 Å². The Kier molecular flexibility index (Phi) is 4.13. The lowest BCUT2D eigenvalue weighted by atomic mass is 9.72. The molecule has 0 spiro atoms. The van der Waals surface area contributed by atoms with E-state index >= 15 is 0 Å². The van der Waals surface area contributed by atoms with Crippen LogP contribution in [0.3, 0.4) is 0 Å². The van der Waals surface area contributed by atoms with Gasteiger partial charge in [-0.1, -0.05) is 33.6 Å². The van der Waals surface area contributed by atoms with Gasteiger partial charge in [0.05, 0.1) is 5.56 Å². The Labute approximate surface area is 132 Å². The zero-order valence-electron chi connectivity index (χ0n) is 13.5. The van der Waals surface area contributed by atoms with E-state index < -0.39 is 0 Å². The van der Waals surface area contributed by atoms with Crippen molar-refractivity contribution in [2.24, 2.45) is 11.3 Å². The molecular formula is C18H27NOS. The molecule has 0 saturated heterocycles.